The molecule has 2 aromatic carbocycles. The van der Waals surface area contributed by atoms with Crippen LogP contribution in [0.4, 0.5) is 0 Å². The lowest BCUT2D eigenvalue weighted by Gasteiger charge is -2.23. The maximum atomic E-state index is 12.8. The van der Waals surface area contributed by atoms with Gasteiger partial charge in [0.05, 0.1) is 0 Å². The average Bonchev–Trinajstić information content (AvgIpc) is 2.58. The first-order chi connectivity index (χ1) is 12.2. The van der Waals surface area contributed by atoms with Gasteiger partial charge >= 0.3 is 0 Å². The molecule has 0 aliphatic heterocycles. The van der Waals surface area contributed by atoms with E-state index >= 15 is 0 Å². The molecule has 26 heavy (non-hydrogen) atoms. The van der Waals surface area contributed by atoms with Crippen LogP contribution in [0.3, 0.4) is 0 Å². The van der Waals surface area contributed by atoms with Gasteiger partial charge < -0.3 is 4.55 Å². The number of hydrogen-bond acceptors (Lipinski definition) is 2. The normalized spacial score (nSPS) is 14.8. The molecule has 0 spiro atoms. The Bertz CT molecular complexity index is 781. The summed E-state index contributed by atoms with van der Waals surface area (Å²) >= 11 is 10.8. The fraction of sp³-hybridized carbons (Fsp3) is 0.286. The zero-order valence-electron chi connectivity index (χ0n) is 15.2. The first-order valence-corrected chi connectivity index (χ1v) is 10.2. The summed E-state index contributed by atoms with van der Waals surface area (Å²) in [6.07, 6.45) is 2.50. The molecule has 0 N–H and O–H groups in total. The molecule has 0 aliphatic carbocycles. The van der Waals surface area contributed by atoms with Gasteiger partial charge in [-0.2, -0.15) is 0 Å². The van der Waals surface area contributed by atoms with Gasteiger partial charge in [0, 0.05) is 21.5 Å². The monoisotopic (exact) mass is 407 g/mol. The summed E-state index contributed by atoms with van der Waals surface area (Å²) in [6, 6.07) is 15.1. The maximum Gasteiger partial charge on any atom is 0.144 e. The third kappa shape index (κ3) is 5.62. The van der Waals surface area contributed by atoms with E-state index in [9.17, 15) is 4.55 Å². The third-order valence-corrected chi connectivity index (χ3v) is 5.73. The van der Waals surface area contributed by atoms with Gasteiger partial charge in [-0.05, 0) is 57.0 Å². The molecular formula is C21H23Cl2NOS. The van der Waals surface area contributed by atoms with Crippen molar-refractivity contribution in [3.63, 3.8) is 0 Å². The summed E-state index contributed by atoms with van der Waals surface area (Å²) < 4.78 is 16.9. The summed E-state index contributed by atoms with van der Waals surface area (Å²) in [4.78, 5) is 0. The molecule has 2 nitrogen and oxygen atoms in total. The molecule has 5 heteroatoms. The van der Waals surface area contributed by atoms with E-state index in [1.807, 2.05) is 75.4 Å². The number of benzene rings is 2. The molecule has 2 rings (SSSR count). The summed E-state index contributed by atoms with van der Waals surface area (Å²) in [7, 11) is 0. The summed E-state index contributed by atoms with van der Waals surface area (Å²) in [5.74, 6) is -0.0984. The molecule has 0 amide bonds. The van der Waals surface area contributed by atoms with E-state index in [0.29, 0.717) is 16.5 Å². The molecule has 2 aromatic rings. The molecule has 0 aliphatic rings. The van der Waals surface area contributed by atoms with Crippen LogP contribution < -0.4 is 0 Å². The lowest BCUT2D eigenvalue weighted by molar-refractivity contribution is 0.561. The molecule has 0 saturated carbocycles. The average molecular weight is 408 g/mol. The van der Waals surface area contributed by atoms with Crippen LogP contribution in [0.25, 0.3) is 0 Å². The molecule has 0 fully saturated rings. The number of halogens is 2. The second-order valence-electron chi connectivity index (χ2n) is 6.98. The first kappa shape index (κ1) is 21.0. The zero-order valence-corrected chi connectivity index (χ0v) is 17.5. The fourth-order valence-corrected chi connectivity index (χ4v) is 3.47. The van der Waals surface area contributed by atoms with Crippen molar-refractivity contribution < 1.29 is 4.55 Å². The van der Waals surface area contributed by atoms with Crippen molar-refractivity contribution in [3.8, 4) is 0 Å². The van der Waals surface area contributed by atoms with E-state index in [0.717, 1.165) is 16.8 Å². The van der Waals surface area contributed by atoms with Gasteiger partial charge in [0.25, 0.3) is 0 Å². The molecule has 0 bridgehead atoms. The van der Waals surface area contributed by atoms with E-state index in [1.165, 1.54) is 0 Å². The predicted molar refractivity (Wildman–Crippen MR) is 115 cm³/mol. The molecule has 1 unspecified atom stereocenters. The van der Waals surface area contributed by atoms with Crippen LogP contribution in [0.1, 0.15) is 44.2 Å². The summed E-state index contributed by atoms with van der Waals surface area (Å²) in [5, 5.41) is 1.30. The van der Waals surface area contributed by atoms with Gasteiger partial charge in [-0.25, -0.2) is 0 Å². The Morgan fingerprint density at radius 1 is 1.15 bits per heavy atom. The summed E-state index contributed by atoms with van der Waals surface area (Å²) in [5.41, 5.74) is 2.65. The summed E-state index contributed by atoms with van der Waals surface area (Å²) in [6.45, 7) is 9.61. The minimum Gasteiger partial charge on any atom is -0.591 e. The Hall–Kier alpha value is -1.26. The van der Waals surface area contributed by atoms with E-state index in [1.54, 1.807) is 0 Å². The smallest absolute Gasteiger partial charge is 0.144 e. The van der Waals surface area contributed by atoms with Crippen molar-refractivity contribution in [3.05, 3.63) is 82.4 Å². The number of hydrogen-bond donors (Lipinski definition) is 0. The zero-order chi connectivity index (χ0) is 19.3. The highest BCUT2D eigenvalue weighted by Crippen LogP contribution is 2.30. The van der Waals surface area contributed by atoms with E-state index in [-0.39, 0.29) is 5.92 Å². The molecule has 0 aromatic heterocycles. The van der Waals surface area contributed by atoms with Crippen molar-refractivity contribution in [2.45, 2.75) is 37.9 Å². The van der Waals surface area contributed by atoms with Crippen molar-refractivity contribution in [2.75, 3.05) is 0 Å². The van der Waals surface area contributed by atoms with Gasteiger partial charge in [0.2, 0.25) is 0 Å². The maximum absolute atomic E-state index is 12.8. The van der Waals surface area contributed by atoms with Crippen molar-refractivity contribution in [1.29, 1.82) is 0 Å². The predicted octanol–water partition coefficient (Wildman–Crippen LogP) is 6.60. The van der Waals surface area contributed by atoms with Crippen molar-refractivity contribution in [1.82, 2.24) is 0 Å². The molecule has 2 atom stereocenters. The van der Waals surface area contributed by atoms with Crippen LogP contribution in [0.2, 0.25) is 10.0 Å². The van der Waals surface area contributed by atoms with Crippen molar-refractivity contribution >= 4 is 40.3 Å². The van der Waals surface area contributed by atoms with Gasteiger partial charge in [-0.1, -0.05) is 57.9 Å². The van der Waals surface area contributed by atoms with Gasteiger partial charge in [-0.15, -0.1) is 6.58 Å². The minimum atomic E-state index is -1.39. The van der Waals surface area contributed by atoms with E-state index < -0.39 is 16.1 Å². The quantitative estimate of drug-likeness (QED) is 0.301. The highest BCUT2D eigenvalue weighted by atomic mass is 35.5. The molecular weight excluding hydrogens is 385 g/mol. The highest BCUT2D eigenvalue weighted by Gasteiger charge is 2.30. The Labute approximate surface area is 169 Å². The van der Waals surface area contributed by atoms with E-state index in [2.05, 4.69) is 11.0 Å². The fourth-order valence-electron chi connectivity index (χ4n) is 2.46. The van der Waals surface area contributed by atoms with Crippen molar-refractivity contribution in [2.24, 2.45) is 4.40 Å². The number of rotatable bonds is 6. The highest BCUT2D eigenvalue weighted by molar-refractivity contribution is 7.91. The SMILES string of the molecule is C=CC[C@@H](/C(=N\[S+]([O-])C(C)(C)C)c1ccc(Cl)cc1)c1cccc(Cl)c1. The molecule has 138 valence electrons. The van der Waals surface area contributed by atoms with Crippen LogP contribution in [0.5, 0.6) is 0 Å². The van der Waals surface area contributed by atoms with Gasteiger partial charge in [-0.3, -0.25) is 0 Å². The van der Waals surface area contributed by atoms with Crippen LogP contribution >= 0.6 is 23.2 Å². The largest absolute Gasteiger partial charge is 0.591 e. The number of allylic oxidation sites excluding steroid dienone is 1. The van der Waals surface area contributed by atoms with Gasteiger partial charge in [0.1, 0.15) is 21.8 Å². The number of nitrogens with zero attached hydrogens (tertiary/aromatic N) is 1. The third-order valence-electron chi connectivity index (χ3n) is 3.83. The lowest BCUT2D eigenvalue weighted by atomic mass is 9.87. The molecule has 0 saturated heterocycles. The second-order valence-corrected chi connectivity index (χ2v) is 9.76. The topological polar surface area (TPSA) is 35.4 Å². The Morgan fingerprint density at radius 2 is 1.81 bits per heavy atom. The second kappa shape index (κ2) is 9.09. The van der Waals surface area contributed by atoms with Crippen LogP contribution in [-0.4, -0.2) is 15.0 Å². The Kier molecular flexibility index (Phi) is 7.36. The van der Waals surface area contributed by atoms with Crippen LogP contribution in [-0.2, 0) is 11.4 Å². The van der Waals surface area contributed by atoms with Crippen LogP contribution in [0.15, 0.2) is 65.6 Å². The minimum absolute atomic E-state index is 0.0984. The Balaban J connectivity index is 2.60. The first-order valence-electron chi connectivity index (χ1n) is 8.35. The van der Waals surface area contributed by atoms with Gasteiger partial charge in [0.15, 0.2) is 0 Å². The molecule has 0 radical (unpaired) electrons. The lowest BCUT2D eigenvalue weighted by Crippen LogP contribution is -2.28. The van der Waals surface area contributed by atoms with Crippen LogP contribution in [0, 0.1) is 0 Å². The van der Waals surface area contributed by atoms with E-state index in [4.69, 9.17) is 23.2 Å². The standard InChI is InChI=1S/C21H23Cl2NOS/c1-5-7-19(16-8-6-9-18(23)14-16)20(24-26(25)21(2,3)4)15-10-12-17(22)13-11-15/h5-6,8-14,19H,1,7H2,2-4H3/b24-20-/t19-,26?/m1/s1. The molecule has 0 heterocycles. The Morgan fingerprint density at radius 3 is 2.35 bits per heavy atom.